The van der Waals surface area contributed by atoms with Crippen LogP contribution in [0.2, 0.25) is 0 Å². The molecular formula is C36H40F3N3O4S. The molecule has 4 rings (SSSR count). The van der Waals surface area contributed by atoms with Gasteiger partial charge in [0, 0.05) is 31.6 Å². The van der Waals surface area contributed by atoms with Crippen LogP contribution in [0.4, 0.5) is 13.2 Å². The summed E-state index contributed by atoms with van der Waals surface area (Å²) in [5.74, 6) is -2.76. The average Bonchev–Trinajstić information content (AvgIpc) is 3.05. The SMILES string of the molecule is CN(C)CCN(Cc1ccc(-c2ccc(CNCCc3ccccc3)cc2)cc1)S(=O)(=O)/C=C/c1ccccc1.O=C(O)C(F)(F)F. The number of likely N-dealkylation sites (N-methyl/N-ethyl adjacent to an activating group) is 1. The molecule has 0 saturated carbocycles. The first-order valence-corrected chi connectivity index (χ1v) is 16.4. The van der Waals surface area contributed by atoms with Crippen molar-refractivity contribution in [2.75, 3.05) is 33.7 Å². The van der Waals surface area contributed by atoms with Crippen LogP contribution in [0, 0.1) is 0 Å². The zero-order valence-corrected chi connectivity index (χ0v) is 27.2. The highest BCUT2D eigenvalue weighted by atomic mass is 32.2. The minimum atomic E-state index is -5.08. The van der Waals surface area contributed by atoms with Gasteiger partial charge in [0.1, 0.15) is 0 Å². The second-order valence-corrected chi connectivity index (χ2v) is 12.8. The fraction of sp³-hybridized carbons (Fsp3) is 0.250. The number of alkyl halides is 3. The lowest BCUT2D eigenvalue weighted by Crippen LogP contribution is -2.35. The van der Waals surface area contributed by atoms with Gasteiger partial charge < -0.3 is 15.3 Å². The third-order valence-corrected chi connectivity index (χ3v) is 8.51. The summed E-state index contributed by atoms with van der Waals surface area (Å²) in [7, 11) is 0.313. The highest BCUT2D eigenvalue weighted by Crippen LogP contribution is 2.22. The van der Waals surface area contributed by atoms with E-state index < -0.39 is 22.2 Å². The molecule has 0 radical (unpaired) electrons. The van der Waals surface area contributed by atoms with Gasteiger partial charge in [0.25, 0.3) is 0 Å². The minimum absolute atomic E-state index is 0.323. The Bertz CT molecular complexity index is 1650. The number of hydrogen-bond acceptors (Lipinski definition) is 5. The van der Waals surface area contributed by atoms with E-state index >= 15 is 0 Å². The maximum atomic E-state index is 13.2. The second kappa shape index (κ2) is 18.2. The Labute approximate surface area is 275 Å². The van der Waals surface area contributed by atoms with Crippen molar-refractivity contribution in [1.29, 1.82) is 0 Å². The van der Waals surface area contributed by atoms with Gasteiger partial charge in [0.2, 0.25) is 10.0 Å². The number of nitrogens with one attached hydrogen (secondary N) is 1. The Balaban J connectivity index is 0.000000771. The Morgan fingerprint density at radius 1 is 0.766 bits per heavy atom. The smallest absolute Gasteiger partial charge is 0.475 e. The molecule has 7 nitrogen and oxygen atoms in total. The molecule has 11 heteroatoms. The molecule has 2 N–H and O–H groups in total. The van der Waals surface area contributed by atoms with Crippen LogP contribution in [0.5, 0.6) is 0 Å². The molecule has 250 valence electrons. The molecule has 0 saturated heterocycles. The topological polar surface area (TPSA) is 90.0 Å². The molecule has 0 aliphatic rings. The molecular weight excluding hydrogens is 627 g/mol. The largest absolute Gasteiger partial charge is 0.490 e. The Kier molecular flexibility index (Phi) is 14.4. The highest BCUT2D eigenvalue weighted by molar-refractivity contribution is 7.92. The Hall–Kier alpha value is -4.29. The average molecular weight is 668 g/mol. The van der Waals surface area contributed by atoms with E-state index in [1.165, 1.54) is 16.5 Å². The summed E-state index contributed by atoms with van der Waals surface area (Å²) in [5, 5.41) is 12.0. The van der Waals surface area contributed by atoms with Crippen molar-refractivity contribution in [3.8, 4) is 11.1 Å². The molecule has 0 bridgehead atoms. The Morgan fingerprint density at radius 2 is 1.28 bits per heavy atom. The molecule has 47 heavy (non-hydrogen) atoms. The van der Waals surface area contributed by atoms with Crippen molar-refractivity contribution in [2.45, 2.75) is 25.7 Å². The standard InChI is InChI=1S/C34H39N3O2S.C2HF3O2/c1-36(2)24-25-37(40(38,39)26-22-30-11-7-4-8-12-30)28-32-15-19-34(20-16-32)33-17-13-31(14-18-33)27-35-23-21-29-9-5-3-6-10-29;3-2(4,5)1(6)7/h3-20,22,26,35H,21,23-25,27-28H2,1-2H3;(H,6,7)/b26-22+;. The number of rotatable bonds is 14. The van der Waals surface area contributed by atoms with Crippen molar-refractivity contribution in [3.63, 3.8) is 0 Å². The van der Waals surface area contributed by atoms with E-state index in [1.807, 2.05) is 67.5 Å². The molecule has 0 amide bonds. The lowest BCUT2D eigenvalue weighted by atomic mass is 10.0. The maximum Gasteiger partial charge on any atom is 0.490 e. The molecule has 0 unspecified atom stereocenters. The van der Waals surface area contributed by atoms with Gasteiger partial charge in [0.15, 0.2) is 0 Å². The van der Waals surface area contributed by atoms with Crippen LogP contribution in [0.1, 0.15) is 22.3 Å². The van der Waals surface area contributed by atoms with Gasteiger partial charge in [-0.3, -0.25) is 0 Å². The first-order chi connectivity index (χ1) is 22.3. The van der Waals surface area contributed by atoms with E-state index in [-0.39, 0.29) is 0 Å². The summed E-state index contributed by atoms with van der Waals surface area (Å²) >= 11 is 0. The predicted octanol–water partition coefficient (Wildman–Crippen LogP) is 6.68. The molecule has 0 atom stereocenters. The van der Waals surface area contributed by atoms with Crippen LogP contribution in [0.3, 0.4) is 0 Å². The van der Waals surface area contributed by atoms with Crippen LogP contribution >= 0.6 is 0 Å². The molecule has 0 spiro atoms. The minimum Gasteiger partial charge on any atom is -0.475 e. The fourth-order valence-corrected chi connectivity index (χ4v) is 5.52. The number of carboxylic acid groups (broad SMARTS) is 1. The molecule has 0 fully saturated rings. The van der Waals surface area contributed by atoms with Crippen LogP contribution in [-0.4, -0.2) is 68.6 Å². The van der Waals surface area contributed by atoms with Crippen LogP contribution in [0.25, 0.3) is 17.2 Å². The number of benzene rings is 4. The van der Waals surface area contributed by atoms with Crippen molar-refractivity contribution < 1.29 is 31.5 Å². The van der Waals surface area contributed by atoms with Gasteiger partial charge >= 0.3 is 12.1 Å². The van der Waals surface area contributed by atoms with E-state index in [4.69, 9.17) is 9.90 Å². The van der Waals surface area contributed by atoms with Crippen molar-refractivity contribution in [1.82, 2.24) is 14.5 Å². The molecule has 0 heterocycles. The van der Waals surface area contributed by atoms with E-state index in [1.54, 1.807) is 10.4 Å². The van der Waals surface area contributed by atoms with Gasteiger partial charge in [-0.25, -0.2) is 13.2 Å². The summed E-state index contributed by atoms with van der Waals surface area (Å²) in [4.78, 5) is 10.9. The first kappa shape index (κ1) is 37.2. The van der Waals surface area contributed by atoms with Crippen molar-refractivity contribution in [3.05, 3.63) is 137 Å². The molecule has 0 aromatic heterocycles. The lowest BCUT2D eigenvalue weighted by Gasteiger charge is -2.22. The lowest BCUT2D eigenvalue weighted by molar-refractivity contribution is -0.192. The van der Waals surface area contributed by atoms with Gasteiger partial charge in [-0.05, 0) is 66.5 Å². The number of carbonyl (C=O) groups is 1. The van der Waals surface area contributed by atoms with E-state index in [0.717, 1.165) is 41.8 Å². The number of halogens is 3. The van der Waals surface area contributed by atoms with E-state index in [0.29, 0.717) is 19.6 Å². The predicted molar refractivity (Wildman–Crippen MR) is 181 cm³/mol. The molecule has 0 aliphatic carbocycles. The summed E-state index contributed by atoms with van der Waals surface area (Å²) in [6.07, 6.45) is -2.41. The summed E-state index contributed by atoms with van der Waals surface area (Å²) < 4.78 is 59.7. The van der Waals surface area contributed by atoms with Crippen molar-refractivity contribution >= 4 is 22.1 Å². The third-order valence-electron chi connectivity index (χ3n) is 6.99. The van der Waals surface area contributed by atoms with Gasteiger partial charge in [-0.2, -0.15) is 17.5 Å². The first-order valence-electron chi connectivity index (χ1n) is 14.9. The quantitative estimate of drug-likeness (QED) is 0.146. The normalized spacial score (nSPS) is 11.9. The van der Waals surface area contributed by atoms with Gasteiger partial charge in [0.05, 0.1) is 0 Å². The van der Waals surface area contributed by atoms with Crippen LogP contribution in [-0.2, 0) is 34.3 Å². The molecule has 4 aromatic rings. The number of sulfonamides is 1. The molecule has 4 aromatic carbocycles. The number of nitrogens with zero attached hydrogens (tertiary/aromatic N) is 2. The summed E-state index contributed by atoms with van der Waals surface area (Å²) in [5.41, 5.74) is 6.66. The third kappa shape index (κ3) is 13.5. The number of hydrogen-bond donors (Lipinski definition) is 2. The highest BCUT2D eigenvalue weighted by Gasteiger charge is 2.38. The monoisotopic (exact) mass is 667 g/mol. The Morgan fingerprint density at radius 3 is 1.79 bits per heavy atom. The van der Waals surface area contributed by atoms with Crippen molar-refractivity contribution in [2.24, 2.45) is 0 Å². The maximum absolute atomic E-state index is 13.2. The number of carboxylic acids is 1. The summed E-state index contributed by atoms with van der Waals surface area (Å²) in [6.45, 7) is 3.16. The fourth-order valence-electron chi connectivity index (χ4n) is 4.35. The second-order valence-electron chi connectivity index (χ2n) is 11.0. The number of aliphatic carboxylic acids is 1. The van der Waals surface area contributed by atoms with Gasteiger partial charge in [-0.15, -0.1) is 0 Å². The molecule has 0 aliphatic heterocycles. The van der Waals surface area contributed by atoms with Crippen LogP contribution in [0.15, 0.2) is 115 Å². The zero-order valence-electron chi connectivity index (χ0n) is 26.4. The van der Waals surface area contributed by atoms with Gasteiger partial charge in [-0.1, -0.05) is 109 Å². The van der Waals surface area contributed by atoms with Crippen LogP contribution < -0.4 is 5.32 Å². The van der Waals surface area contributed by atoms with E-state index in [9.17, 15) is 21.6 Å². The van der Waals surface area contributed by atoms with E-state index in [2.05, 4.69) is 66.0 Å². The zero-order chi connectivity index (χ0) is 34.3. The summed E-state index contributed by atoms with van der Waals surface area (Å²) in [6, 6.07) is 36.8.